The molecule has 0 aromatic heterocycles. The summed E-state index contributed by atoms with van der Waals surface area (Å²) in [6.45, 7) is 3.71. The molecule has 0 radical (unpaired) electrons. The van der Waals surface area contributed by atoms with Gasteiger partial charge in [0.1, 0.15) is 5.69 Å². The number of carbonyl (C=O) groups is 2. The first-order valence-electron chi connectivity index (χ1n) is 9.63. The van der Waals surface area contributed by atoms with Crippen LogP contribution in [-0.4, -0.2) is 34.9 Å². The average molecular weight is 440 g/mol. The van der Waals surface area contributed by atoms with Crippen LogP contribution >= 0.6 is 0 Å². The first-order chi connectivity index (χ1) is 15.4. The third-order valence-electron chi connectivity index (χ3n) is 4.99. The number of ketones is 1. The molecule has 32 heavy (non-hydrogen) atoms. The molecule has 3 N–H and O–H groups in total. The molecule has 0 spiro atoms. The summed E-state index contributed by atoms with van der Waals surface area (Å²) in [6.07, 6.45) is 4.41. The van der Waals surface area contributed by atoms with E-state index in [9.17, 15) is 23.3 Å². The highest BCUT2D eigenvalue weighted by molar-refractivity contribution is 6.14. The normalized spacial score (nSPS) is 16.8. The summed E-state index contributed by atoms with van der Waals surface area (Å²) in [6, 6.07) is 7.69. The maximum absolute atomic E-state index is 13.7. The molecule has 9 heteroatoms. The third-order valence-corrected chi connectivity index (χ3v) is 4.99. The molecular formula is C23H20F2N3O4+. The van der Waals surface area contributed by atoms with E-state index in [4.69, 9.17) is 5.21 Å². The van der Waals surface area contributed by atoms with Gasteiger partial charge in [-0.3, -0.25) is 9.59 Å². The van der Waals surface area contributed by atoms with Crippen molar-refractivity contribution in [2.75, 3.05) is 13.1 Å². The van der Waals surface area contributed by atoms with Gasteiger partial charge >= 0.3 is 0 Å². The molecule has 0 atom stereocenters. The zero-order chi connectivity index (χ0) is 23.3. The fourth-order valence-electron chi connectivity index (χ4n) is 3.34. The summed E-state index contributed by atoms with van der Waals surface area (Å²) < 4.78 is 27.3. The molecule has 7 nitrogen and oxygen atoms in total. The van der Waals surface area contributed by atoms with Gasteiger partial charge in [0.25, 0.3) is 0 Å². The van der Waals surface area contributed by atoms with Crippen LogP contribution in [0, 0.1) is 16.5 Å². The molecule has 1 aliphatic rings. The van der Waals surface area contributed by atoms with Crippen molar-refractivity contribution in [2.45, 2.75) is 6.42 Å². The quantitative estimate of drug-likeness (QED) is 0.322. The lowest BCUT2D eigenvalue weighted by Gasteiger charge is -2.18. The number of rotatable bonds is 5. The first-order valence-corrected chi connectivity index (χ1v) is 9.63. The first kappa shape index (κ1) is 22.9. The Labute approximate surface area is 182 Å². The van der Waals surface area contributed by atoms with Crippen molar-refractivity contribution in [3.63, 3.8) is 0 Å². The SMILES string of the molecule is C=CC(=O)N1CC/C(=C\c2ccc(F)c([NH2+]O)c2)C(=O)/C(=C/c2ccc(F)c(N=O)c2)C1. The molecular weight excluding hydrogens is 420 g/mol. The second-order valence-corrected chi connectivity index (χ2v) is 7.09. The molecule has 164 valence electrons. The van der Waals surface area contributed by atoms with Gasteiger partial charge in [-0.1, -0.05) is 18.7 Å². The lowest BCUT2D eigenvalue weighted by molar-refractivity contribution is -0.826. The number of likely N-dealkylation sites (tertiary alicyclic amines) is 1. The van der Waals surface area contributed by atoms with Gasteiger partial charge in [-0.15, -0.1) is 4.91 Å². The topological polar surface area (TPSA) is 104 Å². The highest BCUT2D eigenvalue weighted by atomic mass is 19.1. The molecule has 1 aliphatic heterocycles. The van der Waals surface area contributed by atoms with Gasteiger partial charge in [0.15, 0.2) is 23.1 Å². The van der Waals surface area contributed by atoms with Gasteiger partial charge in [0.2, 0.25) is 5.91 Å². The minimum absolute atomic E-state index is 0.0126. The third kappa shape index (κ3) is 5.08. The Balaban J connectivity index is 2.05. The zero-order valence-electron chi connectivity index (χ0n) is 16.9. The minimum atomic E-state index is -0.786. The Hall–Kier alpha value is -3.82. The number of quaternary nitrogens is 1. The number of benzene rings is 2. The van der Waals surface area contributed by atoms with Crippen LogP contribution in [0.25, 0.3) is 12.2 Å². The molecule has 0 unspecified atom stereocenters. The second kappa shape index (κ2) is 9.99. The fraction of sp³-hybridized carbons (Fsp3) is 0.130. The Kier molecular flexibility index (Phi) is 7.14. The van der Waals surface area contributed by atoms with Gasteiger partial charge in [-0.2, -0.15) is 5.48 Å². The average Bonchev–Trinajstić information content (AvgIpc) is 2.95. The lowest BCUT2D eigenvalue weighted by atomic mass is 9.98. The van der Waals surface area contributed by atoms with E-state index in [1.165, 1.54) is 41.3 Å². The van der Waals surface area contributed by atoms with Gasteiger partial charge in [0.05, 0.1) is 0 Å². The van der Waals surface area contributed by atoms with Crippen molar-refractivity contribution >= 4 is 35.2 Å². The number of halogens is 2. The van der Waals surface area contributed by atoms with Crippen molar-refractivity contribution in [3.8, 4) is 0 Å². The number of nitrogens with zero attached hydrogens (tertiary/aromatic N) is 2. The van der Waals surface area contributed by atoms with Crippen LogP contribution in [0.15, 0.2) is 65.4 Å². The molecule has 2 aromatic carbocycles. The van der Waals surface area contributed by atoms with E-state index >= 15 is 0 Å². The molecule has 0 saturated carbocycles. The van der Waals surface area contributed by atoms with E-state index < -0.39 is 17.3 Å². The van der Waals surface area contributed by atoms with Crippen LogP contribution in [-0.2, 0) is 9.59 Å². The van der Waals surface area contributed by atoms with E-state index in [0.29, 0.717) is 22.2 Å². The number of carbonyl (C=O) groups excluding carboxylic acids is 2. The predicted octanol–water partition coefficient (Wildman–Crippen LogP) is 3.40. The molecule has 3 rings (SSSR count). The smallest absolute Gasteiger partial charge is 0.246 e. The summed E-state index contributed by atoms with van der Waals surface area (Å²) in [4.78, 5) is 37.7. The van der Waals surface area contributed by atoms with Crippen LogP contribution in [0.1, 0.15) is 17.5 Å². The molecule has 1 amide bonds. The Morgan fingerprint density at radius 1 is 1.09 bits per heavy atom. The highest BCUT2D eigenvalue weighted by Crippen LogP contribution is 2.26. The number of Topliss-reactive ketones (excluding diaryl/α,β-unsaturated/α-hetero) is 1. The molecule has 1 heterocycles. The summed E-state index contributed by atoms with van der Waals surface area (Å²) in [7, 11) is 0. The van der Waals surface area contributed by atoms with Crippen molar-refractivity contribution in [2.24, 2.45) is 5.18 Å². The Bertz CT molecular complexity index is 1160. The van der Waals surface area contributed by atoms with Crippen molar-refractivity contribution in [3.05, 3.63) is 87.9 Å². The summed E-state index contributed by atoms with van der Waals surface area (Å²) in [5.41, 5.74) is 1.68. The van der Waals surface area contributed by atoms with Crippen LogP contribution < -0.4 is 5.48 Å². The number of hydrogen-bond acceptors (Lipinski definition) is 5. The molecule has 0 bridgehead atoms. The number of nitroso groups, excluding NO2 is 1. The maximum atomic E-state index is 13.7. The van der Waals surface area contributed by atoms with Crippen molar-refractivity contribution < 1.29 is 29.1 Å². The van der Waals surface area contributed by atoms with Crippen LogP contribution in [0.5, 0.6) is 0 Å². The van der Waals surface area contributed by atoms with Crippen LogP contribution in [0.4, 0.5) is 20.2 Å². The molecule has 0 aliphatic carbocycles. The van der Waals surface area contributed by atoms with Crippen LogP contribution in [0.2, 0.25) is 0 Å². The van der Waals surface area contributed by atoms with Crippen molar-refractivity contribution in [1.29, 1.82) is 0 Å². The van der Waals surface area contributed by atoms with Crippen LogP contribution in [0.3, 0.4) is 0 Å². The molecule has 2 aromatic rings. The van der Waals surface area contributed by atoms with E-state index in [1.54, 1.807) is 6.08 Å². The van der Waals surface area contributed by atoms with E-state index in [1.807, 2.05) is 0 Å². The van der Waals surface area contributed by atoms with Gasteiger partial charge in [-0.25, -0.2) is 14.0 Å². The number of nitrogens with two attached hydrogens (primary N) is 1. The van der Waals surface area contributed by atoms with E-state index in [2.05, 4.69) is 11.8 Å². The standard InChI is InChI=1S/C23H19F2N3O4/c1-2-22(29)28-8-7-16(9-14-3-5-18(24)20(11-14)26-31)23(30)17(13-28)10-15-4-6-19(25)21(12-15)27-32/h2-6,9-12,26,31H,1,7-8,13H2/p+1/b16-9+,17-10+. The predicted molar refractivity (Wildman–Crippen MR) is 114 cm³/mol. The minimum Gasteiger partial charge on any atom is -0.334 e. The summed E-state index contributed by atoms with van der Waals surface area (Å²) >= 11 is 0. The monoisotopic (exact) mass is 440 g/mol. The zero-order valence-corrected chi connectivity index (χ0v) is 16.9. The summed E-state index contributed by atoms with van der Waals surface area (Å²) in [5, 5.41) is 11.8. The van der Waals surface area contributed by atoms with Gasteiger partial charge in [-0.05, 0) is 59.2 Å². The lowest BCUT2D eigenvalue weighted by Crippen LogP contribution is -2.74. The van der Waals surface area contributed by atoms with Crippen molar-refractivity contribution in [1.82, 2.24) is 4.90 Å². The largest absolute Gasteiger partial charge is 0.334 e. The van der Waals surface area contributed by atoms with E-state index in [-0.39, 0.29) is 42.5 Å². The van der Waals surface area contributed by atoms with E-state index in [0.717, 1.165) is 12.1 Å². The molecule has 1 fully saturated rings. The highest BCUT2D eigenvalue weighted by Gasteiger charge is 2.25. The second-order valence-electron chi connectivity index (χ2n) is 7.09. The maximum Gasteiger partial charge on any atom is 0.246 e. The van der Waals surface area contributed by atoms with Gasteiger partial charge < -0.3 is 4.90 Å². The Morgan fingerprint density at radius 3 is 2.41 bits per heavy atom. The molecule has 1 saturated heterocycles. The van der Waals surface area contributed by atoms with Gasteiger partial charge in [0, 0.05) is 30.3 Å². The Morgan fingerprint density at radius 2 is 1.75 bits per heavy atom. The fourth-order valence-corrected chi connectivity index (χ4v) is 3.34. The number of amides is 1. The number of hydrogen-bond donors (Lipinski definition) is 2. The summed E-state index contributed by atoms with van der Waals surface area (Å²) in [5.74, 6) is -2.11.